The maximum Gasteiger partial charge on any atom is 0.0123 e. The summed E-state index contributed by atoms with van der Waals surface area (Å²) in [5, 5.41) is 3.77. The molecule has 0 saturated heterocycles. The molecule has 0 aromatic rings. The van der Waals surface area contributed by atoms with Gasteiger partial charge in [-0.15, -0.1) is 0 Å². The van der Waals surface area contributed by atoms with Crippen LogP contribution in [-0.4, -0.2) is 13.1 Å². The van der Waals surface area contributed by atoms with Gasteiger partial charge in [0.25, 0.3) is 0 Å². The first-order valence-electron chi connectivity index (χ1n) is 9.16. The van der Waals surface area contributed by atoms with Crippen LogP contribution >= 0.6 is 0 Å². The Morgan fingerprint density at radius 1 is 1.15 bits per heavy atom. The van der Waals surface area contributed by atoms with Gasteiger partial charge in [-0.25, -0.2) is 0 Å². The highest BCUT2D eigenvalue weighted by molar-refractivity contribution is 5.09. The lowest BCUT2D eigenvalue weighted by atomic mass is 9.43. The minimum atomic E-state index is 0.648. The summed E-state index contributed by atoms with van der Waals surface area (Å²) < 4.78 is 0. The largest absolute Gasteiger partial charge is 0.316 e. The van der Waals surface area contributed by atoms with Crippen molar-refractivity contribution in [2.24, 2.45) is 28.6 Å². The van der Waals surface area contributed by atoms with E-state index in [1.54, 1.807) is 6.42 Å². The topological polar surface area (TPSA) is 12.0 Å². The maximum atomic E-state index is 3.77. The second kappa shape index (κ2) is 5.30. The van der Waals surface area contributed by atoms with Gasteiger partial charge in [-0.05, 0) is 80.6 Å². The number of nitrogens with one attached hydrogen (secondary N) is 1. The summed E-state index contributed by atoms with van der Waals surface area (Å²) in [7, 11) is 2.23. The van der Waals surface area contributed by atoms with Crippen molar-refractivity contribution in [2.75, 3.05) is 7.05 Å². The van der Waals surface area contributed by atoms with E-state index in [0.717, 1.165) is 23.8 Å². The van der Waals surface area contributed by atoms with Crippen LogP contribution in [-0.2, 0) is 0 Å². The van der Waals surface area contributed by atoms with Gasteiger partial charge in [-0.1, -0.05) is 33.6 Å². The molecule has 4 aliphatic carbocycles. The molecule has 4 bridgehead atoms. The highest BCUT2D eigenvalue weighted by atomic mass is 14.9. The minimum Gasteiger partial charge on any atom is -0.316 e. The van der Waals surface area contributed by atoms with Gasteiger partial charge in [0.1, 0.15) is 0 Å². The fourth-order valence-corrected chi connectivity index (χ4v) is 6.89. The quantitative estimate of drug-likeness (QED) is 0.720. The molecule has 1 heteroatoms. The summed E-state index contributed by atoms with van der Waals surface area (Å²) in [5.74, 6) is 3.00. The van der Waals surface area contributed by atoms with Crippen LogP contribution in [0.1, 0.15) is 78.6 Å². The molecule has 0 radical (unpaired) electrons. The number of rotatable bonds is 6. The van der Waals surface area contributed by atoms with Gasteiger partial charge < -0.3 is 5.32 Å². The number of hydrogen-bond acceptors (Lipinski definition) is 1. The average Bonchev–Trinajstić information content (AvgIpc) is 2.33. The van der Waals surface area contributed by atoms with Crippen LogP contribution in [0.15, 0.2) is 0 Å². The fraction of sp³-hybridized carbons (Fsp3) is 1.00. The molecule has 0 spiro atoms. The second-order valence-corrected chi connectivity index (χ2v) is 9.10. The molecule has 20 heavy (non-hydrogen) atoms. The molecule has 4 fully saturated rings. The van der Waals surface area contributed by atoms with Gasteiger partial charge in [0.05, 0.1) is 0 Å². The van der Waals surface area contributed by atoms with Gasteiger partial charge in [0, 0.05) is 6.04 Å². The van der Waals surface area contributed by atoms with Crippen molar-refractivity contribution < 1.29 is 0 Å². The molecule has 0 aromatic heterocycles. The summed E-state index contributed by atoms with van der Waals surface area (Å²) in [6, 6.07) is 0.772. The van der Waals surface area contributed by atoms with Gasteiger partial charge in [0.2, 0.25) is 0 Å². The maximum absolute atomic E-state index is 3.77. The standard InChI is InChI=1S/C19H35N/c1-5-6-14(2)7-17(20-4)19-11-15-8-16(12-19)10-18(3,9-15)13-19/h14-17,20H,5-13H2,1-4H3. The Morgan fingerprint density at radius 2 is 1.80 bits per heavy atom. The van der Waals surface area contributed by atoms with Crippen molar-refractivity contribution in [1.29, 1.82) is 0 Å². The monoisotopic (exact) mass is 277 g/mol. The highest BCUT2D eigenvalue weighted by Gasteiger charge is 2.57. The Balaban J connectivity index is 1.76. The van der Waals surface area contributed by atoms with Gasteiger partial charge in [-0.2, -0.15) is 0 Å². The SMILES string of the molecule is CCCC(C)CC(NC)C12CC3CC(CC(C)(C3)C1)C2. The first-order valence-corrected chi connectivity index (χ1v) is 9.16. The molecule has 4 rings (SSSR count). The van der Waals surface area contributed by atoms with E-state index in [4.69, 9.17) is 0 Å². The van der Waals surface area contributed by atoms with Crippen LogP contribution in [0, 0.1) is 28.6 Å². The molecule has 0 heterocycles. The van der Waals surface area contributed by atoms with Crippen molar-refractivity contribution in [3.05, 3.63) is 0 Å². The van der Waals surface area contributed by atoms with Crippen LogP contribution in [0.3, 0.4) is 0 Å². The third-order valence-electron chi connectivity index (χ3n) is 6.91. The van der Waals surface area contributed by atoms with Crippen molar-refractivity contribution in [1.82, 2.24) is 5.32 Å². The Kier molecular flexibility index (Phi) is 3.95. The van der Waals surface area contributed by atoms with Crippen molar-refractivity contribution in [3.8, 4) is 0 Å². The van der Waals surface area contributed by atoms with E-state index in [1.807, 2.05) is 0 Å². The molecule has 0 aliphatic heterocycles. The number of hydrogen-bond donors (Lipinski definition) is 1. The van der Waals surface area contributed by atoms with Gasteiger partial charge in [-0.3, -0.25) is 0 Å². The molecule has 116 valence electrons. The van der Waals surface area contributed by atoms with E-state index in [2.05, 4.69) is 33.1 Å². The van der Waals surface area contributed by atoms with E-state index in [-0.39, 0.29) is 0 Å². The normalized spacial score (nSPS) is 45.6. The summed E-state index contributed by atoms with van der Waals surface area (Å²) in [5.41, 5.74) is 1.34. The fourth-order valence-electron chi connectivity index (χ4n) is 6.89. The summed E-state index contributed by atoms with van der Waals surface area (Å²) >= 11 is 0. The third kappa shape index (κ3) is 2.56. The molecule has 0 aromatic carbocycles. The Morgan fingerprint density at radius 3 is 2.30 bits per heavy atom. The van der Waals surface area contributed by atoms with Gasteiger partial charge >= 0.3 is 0 Å². The molecule has 0 amide bonds. The average molecular weight is 277 g/mol. The molecule has 4 aliphatic rings. The Hall–Kier alpha value is -0.0400. The van der Waals surface area contributed by atoms with Crippen LogP contribution in [0.25, 0.3) is 0 Å². The molecule has 4 saturated carbocycles. The minimum absolute atomic E-state index is 0.648. The lowest BCUT2D eigenvalue weighted by molar-refractivity contribution is -0.119. The predicted octanol–water partition coefficient (Wildman–Crippen LogP) is 5.01. The zero-order valence-corrected chi connectivity index (χ0v) is 14.2. The summed E-state index contributed by atoms with van der Waals surface area (Å²) in [6.45, 7) is 7.40. The van der Waals surface area contributed by atoms with E-state index in [9.17, 15) is 0 Å². The Bertz CT molecular complexity index is 334. The van der Waals surface area contributed by atoms with E-state index >= 15 is 0 Å². The molecule has 1 nitrogen and oxygen atoms in total. The molecule has 4 atom stereocenters. The lowest BCUT2D eigenvalue weighted by Crippen LogP contribution is -2.58. The third-order valence-corrected chi connectivity index (χ3v) is 6.91. The first-order chi connectivity index (χ1) is 9.48. The van der Waals surface area contributed by atoms with Crippen LogP contribution in [0.4, 0.5) is 0 Å². The molecular weight excluding hydrogens is 242 g/mol. The molecule has 1 N–H and O–H groups in total. The highest BCUT2D eigenvalue weighted by Crippen LogP contribution is 2.66. The van der Waals surface area contributed by atoms with Gasteiger partial charge in [0.15, 0.2) is 0 Å². The lowest BCUT2D eigenvalue weighted by Gasteiger charge is -2.63. The van der Waals surface area contributed by atoms with E-state index in [1.165, 1.54) is 51.4 Å². The van der Waals surface area contributed by atoms with Crippen LogP contribution in [0.5, 0.6) is 0 Å². The Labute approximate surface area is 126 Å². The summed E-state index contributed by atoms with van der Waals surface area (Å²) in [4.78, 5) is 0. The van der Waals surface area contributed by atoms with E-state index in [0.29, 0.717) is 10.8 Å². The van der Waals surface area contributed by atoms with Crippen LogP contribution < -0.4 is 5.32 Å². The zero-order chi connectivity index (χ0) is 14.4. The molecule has 4 unspecified atom stereocenters. The molecular formula is C19H35N. The zero-order valence-electron chi connectivity index (χ0n) is 14.2. The first kappa shape index (κ1) is 14.9. The smallest absolute Gasteiger partial charge is 0.0123 e. The summed E-state index contributed by atoms with van der Waals surface area (Å²) in [6.07, 6.45) is 13.3. The van der Waals surface area contributed by atoms with Crippen molar-refractivity contribution in [2.45, 2.75) is 84.6 Å². The van der Waals surface area contributed by atoms with E-state index < -0.39 is 0 Å². The van der Waals surface area contributed by atoms with Crippen molar-refractivity contribution >= 4 is 0 Å². The van der Waals surface area contributed by atoms with Crippen LogP contribution in [0.2, 0.25) is 0 Å². The second-order valence-electron chi connectivity index (χ2n) is 9.10. The predicted molar refractivity (Wildman–Crippen MR) is 86.8 cm³/mol. The van der Waals surface area contributed by atoms with Crippen molar-refractivity contribution in [3.63, 3.8) is 0 Å².